The number of hydrogen-bond donors (Lipinski definition) is 1. The molecule has 3 rings (SSSR count). The van der Waals surface area contributed by atoms with E-state index in [1.807, 2.05) is 30.3 Å². The van der Waals surface area contributed by atoms with Crippen molar-refractivity contribution >= 4 is 44.6 Å². The van der Waals surface area contributed by atoms with Crippen molar-refractivity contribution in [1.29, 1.82) is 0 Å². The molecule has 0 fully saturated rings. The molecule has 10 heteroatoms. The summed E-state index contributed by atoms with van der Waals surface area (Å²) in [6, 6.07) is 12.9. The summed E-state index contributed by atoms with van der Waals surface area (Å²) >= 11 is 3.47. The van der Waals surface area contributed by atoms with Gasteiger partial charge < -0.3 is 14.7 Å². The van der Waals surface area contributed by atoms with E-state index in [4.69, 9.17) is 9.57 Å². The van der Waals surface area contributed by atoms with Crippen molar-refractivity contribution in [3.05, 3.63) is 52.5 Å². The monoisotopic (exact) mass is 543 g/mol. The Kier molecular flexibility index (Phi) is 9.80. The highest BCUT2D eigenvalue weighted by Gasteiger charge is 2.19. The first-order chi connectivity index (χ1) is 17.0. The molecule has 0 aliphatic rings. The lowest BCUT2D eigenvalue weighted by molar-refractivity contribution is -0.122. The molecule has 0 saturated carbocycles. The van der Waals surface area contributed by atoms with Gasteiger partial charge in [0.15, 0.2) is 12.3 Å². The van der Waals surface area contributed by atoms with Crippen LogP contribution in [0.15, 0.2) is 62.3 Å². The summed E-state index contributed by atoms with van der Waals surface area (Å²) in [6.45, 7) is 6.21. The zero-order chi connectivity index (χ0) is 25.2. The lowest BCUT2D eigenvalue weighted by Crippen LogP contribution is -2.27. The van der Waals surface area contributed by atoms with E-state index in [-0.39, 0.29) is 18.2 Å². The zero-order valence-electron chi connectivity index (χ0n) is 20.1. The Morgan fingerprint density at radius 3 is 2.51 bits per heavy atom. The van der Waals surface area contributed by atoms with E-state index in [1.165, 1.54) is 6.21 Å². The number of aromatic hydroxyl groups is 1. The first-order valence-electron chi connectivity index (χ1n) is 11.4. The Labute approximate surface area is 213 Å². The first kappa shape index (κ1) is 26.4. The van der Waals surface area contributed by atoms with Crippen LogP contribution in [0.5, 0.6) is 11.6 Å². The van der Waals surface area contributed by atoms with Gasteiger partial charge in [-0.25, -0.2) is 0 Å². The Hall–Kier alpha value is -3.24. The summed E-state index contributed by atoms with van der Waals surface area (Å²) in [5, 5.41) is 23.3. The number of methoxy groups -OCH3 is 1. The number of fused-ring (bicyclic) bond motifs is 1. The van der Waals surface area contributed by atoms with Crippen LogP contribution in [0.4, 0.5) is 5.69 Å². The van der Waals surface area contributed by atoms with Crippen molar-refractivity contribution in [2.75, 3.05) is 26.8 Å². The lowest BCUT2D eigenvalue weighted by Gasteiger charge is -2.22. The van der Waals surface area contributed by atoms with Crippen LogP contribution in [0.25, 0.3) is 10.9 Å². The topological polar surface area (TPSA) is 101 Å². The third-order valence-corrected chi connectivity index (χ3v) is 5.73. The van der Waals surface area contributed by atoms with Gasteiger partial charge in [0.2, 0.25) is 5.88 Å². The van der Waals surface area contributed by atoms with E-state index in [2.05, 4.69) is 50.1 Å². The molecule has 9 nitrogen and oxygen atoms in total. The number of amides is 1. The standard InChI is InChI=1S/C25H30BrN5O4/c1-4-12-30(13-5-2)17-31-22-11-8-19(26)14-21(22)24(25(31)33)29-28-23(32)16-35-27-15-18-6-9-20(34-3)10-7-18/h6-11,14-15,33H,4-5,12-13,16-17H2,1-3H3. The van der Waals surface area contributed by atoms with Crippen LogP contribution in [0.2, 0.25) is 0 Å². The highest BCUT2D eigenvalue weighted by Crippen LogP contribution is 2.40. The molecule has 1 N–H and O–H groups in total. The van der Waals surface area contributed by atoms with Crippen LogP contribution in [0.3, 0.4) is 0 Å². The fourth-order valence-corrected chi connectivity index (χ4v) is 4.00. The van der Waals surface area contributed by atoms with E-state index >= 15 is 0 Å². The minimum atomic E-state index is -0.620. The maximum absolute atomic E-state index is 12.2. The Bertz CT molecular complexity index is 1180. The van der Waals surface area contributed by atoms with E-state index < -0.39 is 5.91 Å². The van der Waals surface area contributed by atoms with Gasteiger partial charge in [0, 0.05) is 9.86 Å². The summed E-state index contributed by atoms with van der Waals surface area (Å²) < 4.78 is 7.73. The number of hydrogen-bond acceptors (Lipinski definition) is 7. The van der Waals surface area contributed by atoms with E-state index in [0.29, 0.717) is 12.1 Å². The molecule has 0 atom stereocenters. The molecule has 35 heavy (non-hydrogen) atoms. The molecule has 0 bridgehead atoms. The van der Waals surface area contributed by atoms with Crippen LogP contribution in [0, 0.1) is 0 Å². The summed E-state index contributed by atoms with van der Waals surface area (Å²) in [4.78, 5) is 19.5. The largest absolute Gasteiger partial charge is 0.497 e. The number of benzene rings is 2. The molecule has 0 aliphatic heterocycles. The quantitative estimate of drug-likeness (QED) is 0.175. The molecular weight excluding hydrogens is 514 g/mol. The number of aromatic nitrogens is 1. The molecule has 1 aromatic heterocycles. The number of oxime groups is 1. The van der Waals surface area contributed by atoms with Gasteiger partial charge >= 0.3 is 5.91 Å². The molecule has 0 unspecified atom stereocenters. The Balaban J connectivity index is 1.72. The second kappa shape index (κ2) is 13.0. The summed E-state index contributed by atoms with van der Waals surface area (Å²) in [7, 11) is 1.59. The van der Waals surface area contributed by atoms with Crippen LogP contribution >= 0.6 is 15.9 Å². The van der Waals surface area contributed by atoms with Crippen LogP contribution in [-0.4, -0.2) is 53.5 Å². The molecule has 3 aromatic rings. The first-order valence-corrected chi connectivity index (χ1v) is 12.2. The van der Waals surface area contributed by atoms with Crippen molar-refractivity contribution in [2.24, 2.45) is 15.4 Å². The number of azo groups is 1. The number of carbonyl (C=O) groups is 1. The maximum atomic E-state index is 12.2. The third kappa shape index (κ3) is 7.12. The average molecular weight is 544 g/mol. The van der Waals surface area contributed by atoms with Gasteiger partial charge in [0.05, 0.1) is 25.5 Å². The van der Waals surface area contributed by atoms with Crippen LogP contribution < -0.4 is 4.74 Å². The van der Waals surface area contributed by atoms with Crippen molar-refractivity contribution in [2.45, 2.75) is 33.4 Å². The maximum Gasteiger partial charge on any atom is 0.304 e. The number of ether oxygens (including phenoxy) is 1. The van der Waals surface area contributed by atoms with Gasteiger partial charge in [-0.15, -0.1) is 10.2 Å². The molecule has 0 aliphatic carbocycles. The molecular formula is C25H30BrN5O4. The third-order valence-electron chi connectivity index (χ3n) is 5.23. The number of nitrogens with zero attached hydrogens (tertiary/aromatic N) is 5. The van der Waals surface area contributed by atoms with Gasteiger partial charge in [-0.05, 0) is 74.0 Å². The van der Waals surface area contributed by atoms with Crippen molar-refractivity contribution in [3.63, 3.8) is 0 Å². The predicted molar refractivity (Wildman–Crippen MR) is 140 cm³/mol. The highest BCUT2D eigenvalue weighted by atomic mass is 79.9. The van der Waals surface area contributed by atoms with Crippen LogP contribution in [-0.2, 0) is 16.3 Å². The fourth-order valence-electron chi connectivity index (χ4n) is 3.64. The minimum Gasteiger partial charge on any atom is -0.497 e. The van der Waals surface area contributed by atoms with Crippen molar-refractivity contribution in [3.8, 4) is 11.6 Å². The average Bonchev–Trinajstić information content (AvgIpc) is 3.11. The van der Waals surface area contributed by atoms with Gasteiger partial charge in [0.1, 0.15) is 5.75 Å². The van der Waals surface area contributed by atoms with Gasteiger partial charge in [-0.3, -0.25) is 14.3 Å². The van der Waals surface area contributed by atoms with Gasteiger partial charge in [-0.2, -0.15) is 0 Å². The number of carbonyl (C=O) groups excluding carboxylic acids is 1. The Morgan fingerprint density at radius 1 is 1.14 bits per heavy atom. The normalized spacial score (nSPS) is 11.8. The second-order valence-corrected chi connectivity index (χ2v) is 8.81. The van der Waals surface area contributed by atoms with Crippen molar-refractivity contribution < 1.29 is 19.5 Å². The SMILES string of the molecule is CCCN(CCC)Cn1c(O)c(N=NC(=O)CON=Cc2ccc(OC)cc2)c2cc(Br)ccc21. The smallest absolute Gasteiger partial charge is 0.304 e. The molecule has 186 valence electrons. The molecule has 0 spiro atoms. The lowest BCUT2D eigenvalue weighted by atomic mass is 10.2. The van der Waals surface area contributed by atoms with E-state index in [9.17, 15) is 9.90 Å². The minimum absolute atomic E-state index is 0.0368. The molecule has 2 aromatic carbocycles. The predicted octanol–water partition coefficient (Wildman–Crippen LogP) is 5.86. The molecule has 1 heterocycles. The zero-order valence-corrected chi connectivity index (χ0v) is 21.7. The summed E-state index contributed by atoms with van der Waals surface area (Å²) in [5.41, 5.74) is 1.84. The molecule has 0 saturated heterocycles. The van der Waals surface area contributed by atoms with E-state index in [1.54, 1.807) is 23.8 Å². The summed E-state index contributed by atoms with van der Waals surface area (Å²) in [6.07, 6.45) is 3.50. The highest BCUT2D eigenvalue weighted by molar-refractivity contribution is 9.10. The van der Waals surface area contributed by atoms with Crippen molar-refractivity contribution in [1.82, 2.24) is 9.47 Å². The second-order valence-electron chi connectivity index (χ2n) is 7.90. The van der Waals surface area contributed by atoms with Gasteiger partial charge in [0.25, 0.3) is 0 Å². The molecule has 0 radical (unpaired) electrons. The molecule has 1 amide bonds. The summed E-state index contributed by atoms with van der Waals surface area (Å²) in [5.74, 6) is 0.0785. The van der Waals surface area contributed by atoms with Gasteiger partial charge in [-0.1, -0.05) is 34.9 Å². The Morgan fingerprint density at radius 2 is 1.86 bits per heavy atom. The van der Waals surface area contributed by atoms with E-state index in [0.717, 1.165) is 47.2 Å². The van der Waals surface area contributed by atoms with Crippen LogP contribution in [0.1, 0.15) is 32.3 Å². The fraction of sp³-hybridized carbons (Fsp3) is 0.360. The number of rotatable bonds is 12. The number of halogens is 1.